The maximum Gasteiger partial charge on any atom is 0.0912 e. The second-order valence-electron chi connectivity index (χ2n) is 2.91. The second-order valence-corrected chi connectivity index (χ2v) is 2.91. The van der Waals surface area contributed by atoms with E-state index < -0.39 is 0 Å². The Hall–Kier alpha value is -2.14. The third kappa shape index (κ3) is 1.48. The van der Waals surface area contributed by atoms with Crippen LogP contribution in [0.25, 0.3) is 16.8 Å². The summed E-state index contributed by atoms with van der Waals surface area (Å²) in [4.78, 5) is 4.11. The summed E-state index contributed by atoms with van der Waals surface area (Å²) >= 11 is 0. The highest BCUT2D eigenvalue weighted by atomic mass is 14.6. The van der Waals surface area contributed by atoms with Crippen molar-refractivity contribution in [1.82, 2.24) is 4.98 Å². The number of allylic oxidation sites excluding steroid dienone is 1. The molecule has 0 atom stereocenters. The first-order chi connectivity index (χ1) is 6.92. The van der Waals surface area contributed by atoms with E-state index in [2.05, 4.69) is 4.98 Å². The van der Waals surface area contributed by atoms with Crippen molar-refractivity contribution in [2.45, 2.75) is 0 Å². The van der Waals surface area contributed by atoms with Gasteiger partial charge in [0.2, 0.25) is 0 Å². The van der Waals surface area contributed by atoms with Gasteiger partial charge in [-0.2, -0.15) is 5.26 Å². The van der Waals surface area contributed by atoms with Crippen molar-refractivity contribution < 1.29 is 0 Å². The van der Waals surface area contributed by atoms with Crippen LogP contribution in [0.15, 0.2) is 42.7 Å². The summed E-state index contributed by atoms with van der Waals surface area (Å²) in [6.45, 7) is 0. The third-order valence-electron chi connectivity index (χ3n) is 2.04. The van der Waals surface area contributed by atoms with E-state index in [0.29, 0.717) is 0 Å². The zero-order valence-corrected chi connectivity index (χ0v) is 7.51. The predicted octanol–water partition coefficient (Wildman–Crippen LogP) is 2.77. The van der Waals surface area contributed by atoms with E-state index in [0.717, 1.165) is 16.3 Å². The molecule has 66 valence electrons. The molecule has 14 heavy (non-hydrogen) atoms. The Bertz CT molecular complexity index is 516. The number of pyridine rings is 1. The van der Waals surface area contributed by atoms with Gasteiger partial charge in [-0.1, -0.05) is 24.3 Å². The van der Waals surface area contributed by atoms with E-state index in [-0.39, 0.29) is 0 Å². The second kappa shape index (κ2) is 3.71. The molecular weight excluding hydrogens is 172 g/mol. The standard InChI is InChI=1S/C12H8N2/c13-7-3-5-11-9-14-8-10-4-1-2-6-12(10)11/h1-6,8-9H. The number of rotatable bonds is 1. The van der Waals surface area contributed by atoms with Crippen LogP contribution in [0.3, 0.4) is 0 Å². The molecule has 0 N–H and O–H groups in total. The molecule has 1 aromatic heterocycles. The SMILES string of the molecule is N#CC=Cc1cncc2ccccc12. The summed E-state index contributed by atoms with van der Waals surface area (Å²) in [5.41, 5.74) is 0.977. The number of benzene rings is 1. The Labute approximate surface area is 82.1 Å². The van der Waals surface area contributed by atoms with E-state index in [1.54, 1.807) is 12.3 Å². The molecule has 1 heterocycles. The molecule has 0 saturated heterocycles. The summed E-state index contributed by atoms with van der Waals surface area (Å²) in [5, 5.41) is 10.7. The van der Waals surface area contributed by atoms with Crippen LogP contribution in [-0.2, 0) is 0 Å². The van der Waals surface area contributed by atoms with Gasteiger partial charge in [-0.25, -0.2) is 0 Å². The molecule has 2 heteroatoms. The van der Waals surface area contributed by atoms with Gasteiger partial charge in [-0.3, -0.25) is 4.98 Å². The van der Waals surface area contributed by atoms with Crippen LogP contribution in [0.1, 0.15) is 5.56 Å². The van der Waals surface area contributed by atoms with E-state index in [4.69, 9.17) is 5.26 Å². The quantitative estimate of drug-likeness (QED) is 0.633. The highest BCUT2D eigenvalue weighted by Crippen LogP contribution is 2.17. The molecule has 2 rings (SSSR count). The number of nitriles is 1. The van der Waals surface area contributed by atoms with Crippen LogP contribution in [-0.4, -0.2) is 4.98 Å². The van der Waals surface area contributed by atoms with Gasteiger partial charge in [0.15, 0.2) is 0 Å². The van der Waals surface area contributed by atoms with Crippen LogP contribution in [0.4, 0.5) is 0 Å². The number of fused-ring (bicyclic) bond motifs is 1. The van der Waals surface area contributed by atoms with Crippen molar-refractivity contribution in [1.29, 1.82) is 5.26 Å². The summed E-state index contributed by atoms with van der Waals surface area (Å²) in [7, 11) is 0. The Balaban J connectivity index is 2.66. The van der Waals surface area contributed by atoms with Gasteiger partial charge in [0, 0.05) is 29.4 Å². The lowest BCUT2D eigenvalue weighted by atomic mass is 10.1. The van der Waals surface area contributed by atoms with Crippen molar-refractivity contribution in [2.24, 2.45) is 0 Å². The molecule has 1 aromatic carbocycles. The van der Waals surface area contributed by atoms with Crippen LogP contribution >= 0.6 is 0 Å². The van der Waals surface area contributed by atoms with E-state index in [9.17, 15) is 0 Å². The minimum atomic E-state index is 0.977. The van der Waals surface area contributed by atoms with Crippen LogP contribution in [0.5, 0.6) is 0 Å². The molecule has 0 fully saturated rings. The predicted molar refractivity (Wildman–Crippen MR) is 56.4 cm³/mol. The Morgan fingerprint density at radius 2 is 2.07 bits per heavy atom. The van der Waals surface area contributed by atoms with E-state index in [1.165, 1.54) is 6.08 Å². The van der Waals surface area contributed by atoms with Gasteiger partial charge < -0.3 is 0 Å². The first-order valence-electron chi connectivity index (χ1n) is 4.31. The number of hydrogen-bond donors (Lipinski definition) is 0. The Morgan fingerprint density at radius 3 is 2.93 bits per heavy atom. The highest BCUT2D eigenvalue weighted by molar-refractivity contribution is 5.89. The molecule has 0 aliphatic heterocycles. The molecule has 0 unspecified atom stereocenters. The monoisotopic (exact) mass is 180 g/mol. The number of nitrogens with zero attached hydrogens (tertiary/aromatic N) is 2. The molecule has 0 aliphatic rings. The minimum Gasteiger partial charge on any atom is -0.263 e. The van der Waals surface area contributed by atoms with Crippen LogP contribution in [0.2, 0.25) is 0 Å². The van der Waals surface area contributed by atoms with Gasteiger partial charge in [0.25, 0.3) is 0 Å². The molecule has 0 spiro atoms. The maximum absolute atomic E-state index is 8.44. The van der Waals surface area contributed by atoms with Crippen molar-refractivity contribution in [3.8, 4) is 6.07 Å². The number of aromatic nitrogens is 1. The van der Waals surface area contributed by atoms with Gasteiger partial charge in [0.05, 0.1) is 6.07 Å². The topological polar surface area (TPSA) is 36.7 Å². The normalized spacial score (nSPS) is 10.5. The van der Waals surface area contributed by atoms with Crippen LogP contribution in [0, 0.1) is 11.3 Å². The molecule has 0 saturated carbocycles. The van der Waals surface area contributed by atoms with Gasteiger partial charge >= 0.3 is 0 Å². The largest absolute Gasteiger partial charge is 0.263 e. The van der Waals surface area contributed by atoms with Crippen LogP contribution < -0.4 is 0 Å². The third-order valence-corrected chi connectivity index (χ3v) is 2.04. The fourth-order valence-electron chi connectivity index (χ4n) is 1.40. The van der Waals surface area contributed by atoms with Gasteiger partial charge in [-0.05, 0) is 11.5 Å². The fraction of sp³-hybridized carbons (Fsp3) is 0. The summed E-state index contributed by atoms with van der Waals surface area (Å²) < 4.78 is 0. The molecule has 0 aliphatic carbocycles. The lowest BCUT2D eigenvalue weighted by molar-refractivity contribution is 1.35. The van der Waals surface area contributed by atoms with E-state index in [1.807, 2.05) is 36.5 Å². The maximum atomic E-state index is 8.44. The molecular formula is C12H8N2. The summed E-state index contributed by atoms with van der Waals surface area (Å²) in [6.07, 6.45) is 6.81. The Kier molecular flexibility index (Phi) is 2.24. The van der Waals surface area contributed by atoms with Gasteiger partial charge in [0.1, 0.15) is 0 Å². The molecule has 0 amide bonds. The lowest BCUT2D eigenvalue weighted by Gasteiger charge is -1.99. The molecule has 2 aromatic rings. The zero-order chi connectivity index (χ0) is 9.80. The average Bonchev–Trinajstić information content (AvgIpc) is 2.26. The average molecular weight is 180 g/mol. The summed E-state index contributed by atoms with van der Waals surface area (Å²) in [5.74, 6) is 0. The first kappa shape index (κ1) is 8.46. The zero-order valence-electron chi connectivity index (χ0n) is 7.51. The van der Waals surface area contributed by atoms with Crippen molar-refractivity contribution in [2.75, 3.05) is 0 Å². The Morgan fingerprint density at radius 1 is 1.21 bits per heavy atom. The highest BCUT2D eigenvalue weighted by Gasteiger charge is 1.96. The minimum absolute atomic E-state index is 0.977. The molecule has 0 radical (unpaired) electrons. The van der Waals surface area contributed by atoms with Crippen molar-refractivity contribution >= 4 is 16.8 Å². The molecule has 2 nitrogen and oxygen atoms in total. The first-order valence-corrected chi connectivity index (χ1v) is 4.31. The van der Waals surface area contributed by atoms with Crippen molar-refractivity contribution in [3.05, 3.63) is 48.3 Å². The molecule has 0 bridgehead atoms. The number of hydrogen-bond acceptors (Lipinski definition) is 2. The summed E-state index contributed by atoms with van der Waals surface area (Å²) in [6, 6.07) is 9.95. The smallest absolute Gasteiger partial charge is 0.0912 e. The fourth-order valence-corrected chi connectivity index (χ4v) is 1.40. The van der Waals surface area contributed by atoms with Gasteiger partial charge in [-0.15, -0.1) is 0 Å². The lowest BCUT2D eigenvalue weighted by Crippen LogP contribution is -1.80. The van der Waals surface area contributed by atoms with Crippen molar-refractivity contribution in [3.63, 3.8) is 0 Å². The van der Waals surface area contributed by atoms with E-state index >= 15 is 0 Å².